The molecule has 0 bridgehead atoms. The third kappa shape index (κ3) is 6.68. The summed E-state index contributed by atoms with van der Waals surface area (Å²) in [5.41, 5.74) is 0.653. The van der Waals surface area contributed by atoms with Gasteiger partial charge in [-0.1, -0.05) is 13.8 Å². The van der Waals surface area contributed by atoms with Crippen LogP contribution in [0.2, 0.25) is 0 Å². The number of aromatic nitrogens is 2. The zero-order valence-electron chi connectivity index (χ0n) is 12.6. The monoisotopic (exact) mass is 283 g/mol. The van der Waals surface area contributed by atoms with Crippen LogP contribution in [0.25, 0.3) is 0 Å². The van der Waals surface area contributed by atoms with Crippen LogP contribution in [0.1, 0.15) is 20.3 Å². The summed E-state index contributed by atoms with van der Waals surface area (Å²) in [4.78, 5) is 11.8. The van der Waals surface area contributed by atoms with E-state index in [4.69, 9.17) is 9.47 Å². The lowest BCUT2D eigenvalue weighted by Crippen LogP contribution is -2.25. The SMILES string of the molecule is COCCCOCCn1ncc(NCC(C)C)cc1=O. The van der Waals surface area contributed by atoms with Gasteiger partial charge in [-0.15, -0.1) is 0 Å². The van der Waals surface area contributed by atoms with E-state index in [-0.39, 0.29) is 5.56 Å². The van der Waals surface area contributed by atoms with Crippen molar-refractivity contribution < 1.29 is 9.47 Å². The number of ether oxygens (including phenoxy) is 2. The molecule has 0 aliphatic rings. The Labute approximate surface area is 120 Å². The van der Waals surface area contributed by atoms with Gasteiger partial charge in [0.25, 0.3) is 5.56 Å². The Morgan fingerprint density at radius 3 is 2.80 bits per heavy atom. The molecule has 0 saturated carbocycles. The first-order valence-electron chi connectivity index (χ1n) is 7.01. The van der Waals surface area contributed by atoms with Gasteiger partial charge in [0, 0.05) is 32.9 Å². The first-order chi connectivity index (χ1) is 9.63. The normalized spacial score (nSPS) is 11.0. The van der Waals surface area contributed by atoms with E-state index in [1.54, 1.807) is 19.4 Å². The van der Waals surface area contributed by atoms with E-state index < -0.39 is 0 Å². The van der Waals surface area contributed by atoms with E-state index in [0.717, 1.165) is 18.7 Å². The summed E-state index contributed by atoms with van der Waals surface area (Å²) in [5.74, 6) is 0.526. The summed E-state index contributed by atoms with van der Waals surface area (Å²) in [6.07, 6.45) is 2.53. The van der Waals surface area contributed by atoms with Crippen molar-refractivity contribution in [3.8, 4) is 0 Å². The quantitative estimate of drug-likeness (QED) is 0.657. The van der Waals surface area contributed by atoms with Crippen LogP contribution in [0.15, 0.2) is 17.1 Å². The number of nitrogens with one attached hydrogen (secondary N) is 1. The van der Waals surface area contributed by atoms with Crippen molar-refractivity contribution in [2.24, 2.45) is 5.92 Å². The van der Waals surface area contributed by atoms with E-state index in [1.807, 2.05) is 0 Å². The number of hydrogen-bond donors (Lipinski definition) is 1. The molecule has 0 fully saturated rings. The Morgan fingerprint density at radius 1 is 1.35 bits per heavy atom. The molecule has 0 atom stereocenters. The van der Waals surface area contributed by atoms with Gasteiger partial charge in [0.2, 0.25) is 0 Å². The van der Waals surface area contributed by atoms with Gasteiger partial charge < -0.3 is 14.8 Å². The van der Waals surface area contributed by atoms with E-state index in [1.165, 1.54) is 4.68 Å². The van der Waals surface area contributed by atoms with Crippen molar-refractivity contribution in [3.63, 3.8) is 0 Å². The Bertz CT molecular complexity index is 432. The third-order valence-corrected chi connectivity index (χ3v) is 2.67. The number of anilines is 1. The van der Waals surface area contributed by atoms with Crippen LogP contribution in [0.5, 0.6) is 0 Å². The van der Waals surface area contributed by atoms with Crippen LogP contribution in [0, 0.1) is 5.92 Å². The average Bonchev–Trinajstić information content (AvgIpc) is 2.42. The molecule has 0 unspecified atom stereocenters. The zero-order valence-corrected chi connectivity index (χ0v) is 12.6. The van der Waals surface area contributed by atoms with Crippen molar-refractivity contribution in [2.75, 3.05) is 38.8 Å². The Hall–Kier alpha value is -1.40. The molecule has 0 spiro atoms. The molecule has 1 N–H and O–H groups in total. The molecule has 0 aromatic carbocycles. The zero-order chi connectivity index (χ0) is 14.8. The fraction of sp³-hybridized carbons (Fsp3) is 0.714. The van der Waals surface area contributed by atoms with E-state index in [2.05, 4.69) is 24.3 Å². The summed E-state index contributed by atoms with van der Waals surface area (Å²) in [6.45, 7) is 7.33. The highest BCUT2D eigenvalue weighted by atomic mass is 16.5. The molecule has 6 heteroatoms. The van der Waals surface area contributed by atoms with Crippen molar-refractivity contribution >= 4 is 5.69 Å². The van der Waals surface area contributed by atoms with Crippen LogP contribution in [0.3, 0.4) is 0 Å². The number of methoxy groups -OCH3 is 1. The molecule has 114 valence electrons. The molecule has 1 aromatic heterocycles. The van der Waals surface area contributed by atoms with Gasteiger partial charge >= 0.3 is 0 Å². The lowest BCUT2D eigenvalue weighted by Gasteiger charge is -2.10. The minimum absolute atomic E-state index is 0.112. The molecule has 0 saturated heterocycles. The van der Waals surface area contributed by atoms with Gasteiger partial charge in [0.15, 0.2) is 0 Å². The van der Waals surface area contributed by atoms with Crippen LogP contribution in [-0.4, -0.2) is 43.3 Å². The summed E-state index contributed by atoms with van der Waals surface area (Å²) >= 11 is 0. The Morgan fingerprint density at radius 2 is 2.15 bits per heavy atom. The molecule has 0 radical (unpaired) electrons. The molecular weight excluding hydrogens is 258 g/mol. The van der Waals surface area contributed by atoms with Gasteiger partial charge in [0.05, 0.1) is 25.0 Å². The molecular formula is C14H25N3O3. The average molecular weight is 283 g/mol. The summed E-state index contributed by atoms with van der Waals surface area (Å²) < 4.78 is 11.7. The number of nitrogens with zero attached hydrogens (tertiary/aromatic N) is 2. The largest absolute Gasteiger partial charge is 0.385 e. The minimum Gasteiger partial charge on any atom is -0.385 e. The summed E-state index contributed by atoms with van der Waals surface area (Å²) in [7, 11) is 1.67. The lowest BCUT2D eigenvalue weighted by molar-refractivity contribution is 0.0954. The smallest absolute Gasteiger partial charge is 0.268 e. The van der Waals surface area contributed by atoms with Crippen molar-refractivity contribution in [1.82, 2.24) is 9.78 Å². The second-order valence-corrected chi connectivity index (χ2v) is 5.04. The Balaban J connectivity index is 2.34. The van der Waals surface area contributed by atoms with Gasteiger partial charge in [-0.2, -0.15) is 5.10 Å². The van der Waals surface area contributed by atoms with Crippen molar-refractivity contribution in [2.45, 2.75) is 26.8 Å². The maximum absolute atomic E-state index is 11.8. The first kappa shape index (κ1) is 16.7. The van der Waals surface area contributed by atoms with Crippen molar-refractivity contribution in [1.29, 1.82) is 0 Å². The van der Waals surface area contributed by atoms with Gasteiger partial charge in [-0.05, 0) is 12.3 Å². The van der Waals surface area contributed by atoms with E-state index in [0.29, 0.717) is 32.3 Å². The molecule has 0 aliphatic carbocycles. The fourth-order valence-corrected chi connectivity index (χ4v) is 1.58. The van der Waals surface area contributed by atoms with Crippen LogP contribution >= 0.6 is 0 Å². The predicted molar refractivity (Wildman–Crippen MR) is 79.1 cm³/mol. The molecule has 0 aliphatic heterocycles. The topological polar surface area (TPSA) is 65.4 Å². The maximum atomic E-state index is 11.8. The minimum atomic E-state index is -0.112. The molecule has 20 heavy (non-hydrogen) atoms. The highest BCUT2D eigenvalue weighted by molar-refractivity contribution is 5.38. The maximum Gasteiger partial charge on any atom is 0.268 e. The summed E-state index contributed by atoms with van der Waals surface area (Å²) in [5, 5.41) is 7.31. The number of hydrogen-bond acceptors (Lipinski definition) is 5. The number of rotatable bonds is 10. The summed E-state index contributed by atoms with van der Waals surface area (Å²) in [6, 6.07) is 1.57. The molecule has 6 nitrogen and oxygen atoms in total. The first-order valence-corrected chi connectivity index (χ1v) is 7.01. The van der Waals surface area contributed by atoms with E-state index in [9.17, 15) is 4.79 Å². The van der Waals surface area contributed by atoms with Crippen molar-refractivity contribution in [3.05, 3.63) is 22.6 Å². The Kier molecular flexibility index (Phi) is 7.91. The molecule has 0 amide bonds. The van der Waals surface area contributed by atoms with Crippen LogP contribution in [-0.2, 0) is 16.0 Å². The third-order valence-electron chi connectivity index (χ3n) is 2.67. The molecule has 1 heterocycles. The van der Waals surface area contributed by atoms with Gasteiger partial charge in [-0.3, -0.25) is 4.79 Å². The standard InChI is InChI=1S/C14H25N3O3/c1-12(2)10-15-13-9-14(18)17(16-11-13)5-8-20-7-4-6-19-3/h9,11-12,15H,4-8,10H2,1-3H3. The van der Waals surface area contributed by atoms with Gasteiger partial charge in [-0.25, -0.2) is 4.68 Å². The van der Waals surface area contributed by atoms with Crippen LogP contribution < -0.4 is 10.9 Å². The van der Waals surface area contributed by atoms with E-state index >= 15 is 0 Å². The van der Waals surface area contributed by atoms with Gasteiger partial charge in [0.1, 0.15) is 0 Å². The second kappa shape index (κ2) is 9.50. The molecule has 1 rings (SSSR count). The second-order valence-electron chi connectivity index (χ2n) is 5.04. The fourth-order valence-electron chi connectivity index (χ4n) is 1.58. The highest BCUT2D eigenvalue weighted by Crippen LogP contribution is 2.01. The van der Waals surface area contributed by atoms with Crippen LogP contribution in [0.4, 0.5) is 5.69 Å². The highest BCUT2D eigenvalue weighted by Gasteiger charge is 2.01. The molecule has 1 aromatic rings. The predicted octanol–water partition coefficient (Wildman–Crippen LogP) is 1.36. The lowest BCUT2D eigenvalue weighted by atomic mass is 10.2.